The summed E-state index contributed by atoms with van der Waals surface area (Å²) >= 11 is 0. The molecule has 1 heterocycles. The van der Waals surface area contributed by atoms with Crippen LogP contribution in [0.4, 0.5) is 10.5 Å². The molecule has 1 aromatic rings. The molecule has 4 amide bonds. The fourth-order valence-electron chi connectivity index (χ4n) is 3.57. The first-order valence-corrected chi connectivity index (χ1v) is 8.98. The number of rotatable bonds is 4. The third-order valence-corrected chi connectivity index (χ3v) is 5.03. The van der Waals surface area contributed by atoms with E-state index in [1.807, 2.05) is 31.2 Å². The van der Waals surface area contributed by atoms with Gasteiger partial charge in [-0.25, -0.2) is 4.79 Å². The van der Waals surface area contributed by atoms with Crippen molar-refractivity contribution in [1.29, 1.82) is 0 Å². The lowest BCUT2D eigenvalue weighted by Gasteiger charge is -2.24. The standard InChI is InChI=1S/C19H25N3O3/c1-13-8-10-16(11-9-13)22-14(2)18(24)21(19(22)25)12-17(23)20-15-6-4-3-5-7-15/h8-11,14-15H,3-7,12H2,1-2H3,(H,20,23). The van der Waals surface area contributed by atoms with Crippen LogP contribution < -0.4 is 10.2 Å². The molecule has 0 spiro atoms. The van der Waals surface area contributed by atoms with Crippen molar-refractivity contribution in [2.45, 2.75) is 58.0 Å². The van der Waals surface area contributed by atoms with Gasteiger partial charge in [0.2, 0.25) is 5.91 Å². The molecular weight excluding hydrogens is 318 g/mol. The molecule has 3 rings (SSSR count). The summed E-state index contributed by atoms with van der Waals surface area (Å²) in [7, 11) is 0. The Balaban J connectivity index is 1.67. The Morgan fingerprint density at radius 1 is 1.12 bits per heavy atom. The van der Waals surface area contributed by atoms with Crippen molar-refractivity contribution in [3.8, 4) is 0 Å². The van der Waals surface area contributed by atoms with Crippen LogP contribution in [0.1, 0.15) is 44.6 Å². The van der Waals surface area contributed by atoms with Crippen molar-refractivity contribution < 1.29 is 14.4 Å². The summed E-state index contributed by atoms with van der Waals surface area (Å²) in [5, 5.41) is 2.96. The molecule has 0 bridgehead atoms. The summed E-state index contributed by atoms with van der Waals surface area (Å²) in [5.41, 5.74) is 1.75. The second kappa shape index (κ2) is 7.25. The number of nitrogens with zero attached hydrogens (tertiary/aromatic N) is 2. The molecule has 25 heavy (non-hydrogen) atoms. The lowest BCUT2D eigenvalue weighted by molar-refractivity contribution is -0.132. The van der Waals surface area contributed by atoms with Gasteiger partial charge in [-0.1, -0.05) is 37.0 Å². The fraction of sp³-hybridized carbons (Fsp3) is 0.526. The lowest BCUT2D eigenvalue weighted by Crippen LogP contribution is -2.45. The molecule has 6 nitrogen and oxygen atoms in total. The van der Waals surface area contributed by atoms with Gasteiger partial charge in [0.05, 0.1) is 0 Å². The highest BCUT2D eigenvalue weighted by molar-refractivity contribution is 6.15. The molecule has 0 radical (unpaired) electrons. The maximum absolute atomic E-state index is 12.7. The highest BCUT2D eigenvalue weighted by atomic mass is 16.2. The van der Waals surface area contributed by atoms with Crippen LogP contribution in [0.15, 0.2) is 24.3 Å². The van der Waals surface area contributed by atoms with Crippen molar-refractivity contribution in [2.24, 2.45) is 0 Å². The van der Waals surface area contributed by atoms with Crippen LogP contribution in [0.3, 0.4) is 0 Å². The quantitative estimate of drug-likeness (QED) is 0.854. The van der Waals surface area contributed by atoms with Crippen molar-refractivity contribution in [3.05, 3.63) is 29.8 Å². The van der Waals surface area contributed by atoms with Gasteiger partial charge in [0.1, 0.15) is 12.6 Å². The van der Waals surface area contributed by atoms with Crippen LogP contribution in [0.2, 0.25) is 0 Å². The third kappa shape index (κ3) is 3.67. The number of nitrogens with one attached hydrogen (secondary N) is 1. The summed E-state index contributed by atoms with van der Waals surface area (Å²) in [4.78, 5) is 40.0. The van der Waals surface area contributed by atoms with Crippen LogP contribution in [-0.4, -0.2) is 41.4 Å². The van der Waals surface area contributed by atoms with E-state index in [0.29, 0.717) is 5.69 Å². The zero-order valence-corrected chi connectivity index (χ0v) is 14.8. The van der Waals surface area contributed by atoms with E-state index in [-0.39, 0.29) is 24.4 Å². The first kappa shape index (κ1) is 17.5. The molecule has 1 saturated heterocycles. The van der Waals surface area contributed by atoms with Crippen molar-refractivity contribution >= 4 is 23.5 Å². The van der Waals surface area contributed by atoms with Gasteiger partial charge in [0.15, 0.2) is 0 Å². The second-order valence-corrected chi connectivity index (χ2v) is 6.99. The largest absolute Gasteiger partial charge is 0.352 e. The average Bonchev–Trinajstić information content (AvgIpc) is 2.80. The highest BCUT2D eigenvalue weighted by Gasteiger charge is 2.44. The Morgan fingerprint density at radius 3 is 2.40 bits per heavy atom. The number of carbonyl (C=O) groups excluding carboxylic acids is 3. The topological polar surface area (TPSA) is 69.7 Å². The van der Waals surface area contributed by atoms with Gasteiger partial charge < -0.3 is 5.32 Å². The van der Waals surface area contributed by atoms with E-state index in [1.165, 1.54) is 11.3 Å². The van der Waals surface area contributed by atoms with Crippen molar-refractivity contribution in [2.75, 3.05) is 11.4 Å². The average molecular weight is 343 g/mol. The molecule has 0 aromatic heterocycles. The molecule has 134 valence electrons. The first-order valence-electron chi connectivity index (χ1n) is 8.98. The molecule has 1 unspecified atom stereocenters. The number of amides is 4. The number of aryl methyl sites for hydroxylation is 1. The smallest absolute Gasteiger partial charge is 0.332 e. The minimum absolute atomic E-state index is 0.166. The molecule has 1 aromatic carbocycles. The monoisotopic (exact) mass is 343 g/mol. The van der Waals surface area contributed by atoms with Crippen LogP contribution >= 0.6 is 0 Å². The molecule has 6 heteroatoms. The van der Waals surface area contributed by atoms with Gasteiger partial charge in [-0.15, -0.1) is 0 Å². The predicted octanol–water partition coefficient (Wildman–Crippen LogP) is 2.60. The summed E-state index contributed by atoms with van der Waals surface area (Å²) in [5.74, 6) is -0.587. The number of hydrogen-bond acceptors (Lipinski definition) is 3. The zero-order chi connectivity index (χ0) is 18.0. The predicted molar refractivity (Wildman–Crippen MR) is 95.2 cm³/mol. The number of imide groups is 1. The van der Waals surface area contributed by atoms with Crippen molar-refractivity contribution in [3.63, 3.8) is 0 Å². The van der Waals surface area contributed by atoms with E-state index in [1.54, 1.807) is 6.92 Å². The van der Waals surface area contributed by atoms with Crippen LogP contribution in [0, 0.1) is 6.92 Å². The maximum atomic E-state index is 12.7. The molecule has 2 fully saturated rings. The summed E-state index contributed by atoms with van der Waals surface area (Å²) in [6.45, 7) is 3.45. The third-order valence-electron chi connectivity index (χ3n) is 5.03. The van der Waals surface area contributed by atoms with Gasteiger partial charge >= 0.3 is 6.03 Å². The number of carbonyl (C=O) groups is 3. The summed E-state index contributed by atoms with van der Waals surface area (Å²) in [6, 6.07) is 6.58. The molecule has 1 aliphatic heterocycles. The van der Waals surface area contributed by atoms with E-state index < -0.39 is 12.1 Å². The Bertz CT molecular complexity index is 665. The Labute approximate surface area is 148 Å². The van der Waals surface area contributed by atoms with Crippen LogP contribution in [0.25, 0.3) is 0 Å². The molecule has 1 saturated carbocycles. The van der Waals surface area contributed by atoms with E-state index in [9.17, 15) is 14.4 Å². The molecule has 1 atom stereocenters. The van der Waals surface area contributed by atoms with Crippen LogP contribution in [-0.2, 0) is 9.59 Å². The molecule has 2 aliphatic rings. The fourth-order valence-corrected chi connectivity index (χ4v) is 3.57. The first-order chi connectivity index (χ1) is 12.0. The number of anilines is 1. The van der Waals surface area contributed by atoms with Gasteiger partial charge in [-0.3, -0.25) is 19.4 Å². The SMILES string of the molecule is Cc1ccc(N2C(=O)N(CC(=O)NC3CCCCC3)C(=O)C2C)cc1. The van der Waals surface area contributed by atoms with E-state index in [4.69, 9.17) is 0 Å². The molecular formula is C19H25N3O3. The van der Waals surface area contributed by atoms with Crippen LogP contribution in [0.5, 0.6) is 0 Å². The number of urea groups is 1. The highest BCUT2D eigenvalue weighted by Crippen LogP contribution is 2.26. The maximum Gasteiger partial charge on any atom is 0.332 e. The van der Waals surface area contributed by atoms with E-state index in [0.717, 1.165) is 36.1 Å². The van der Waals surface area contributed by atoms with Gasteiger partial charge in [-0.05, 0) is 38.8 Å². The molecule has 1 N–H and O–H groups in total. The number of benzene rings is 1. The zero-order valence-electron chi connectivity index (χ0n) is 14.8. The minimum Gasteiger partial charge on any atom is -0.352 e. The molecule has 1 aliphatic carbocycles. The number of hydrogen-bond donors (Lipinski definition) is 1. The normalized spacial score (nSPS) is 21.8. The van der Waals surface area contributed by atoms with E-state index >= 15 is 0 Å². The Morgan fingerprint density at radius 2 is 1.76 bits per heavy atom. The summed E-state index contributed by atoms with van der Waals surface area (Å²) in [6.07, 6.45) is 5.38. The second-order valence-electron chi connectivity index (χ2n) is 6.99. The summed E-state index contributed by atoms with van der Waals surface area (Å²) < 4.78 is 0. The van der Waals surface area contributed by atoms with E-state index in [2.05, 4.69) is 5.32 Å². The van der Waals surface area contributed by atoms with Crippen molar-refractivity contribution in [1.82, 2.24) is 10.2 Å². The Hall–Kier alpha value is -2.37. The van der Waals surface area contributed by atoms with Gasteiger partial charge in [0, 0.05) is 11.7 Å². The lowest BCUT2D eigenvalue weighted by atomic mass is 9.95. The Kier molecular flexibility index (Phi) is 5.06. The minimum atomic E-state index is -0.599. The van der Waals surface area contributed by atoms with Gasteiger partial charge in [0.25, 0.3) is 5.91 Å². The van der Waals surface area contributed by atoms with Gasteiger partial charge in [-0.2, -0.15) is 0 Å².